The topological polar surface area (TPSA) is 20.3 Å². The third-order valence-electron chi connectivity index (χ3n) is 2.55. The molecule has 0 atom stereocenters. The van der Waals surface area contributed by atoms with E-state index in [2.05, 4.69) is 0 Å². The van der Waals surface area contributed by atoms with Gasteiger partial charge in [-0.3, -0.25) is 4.79 Å². The van der Waals surface area contributed by atoms with Crippen LogP contribution in [0.3, 0.4) is 0 Å². The number of para-hydroxylation sites is 1. The van der Waals surface area contributed by atoms with Crippen molar-refractivity contribution >= 4 is 35.3 Å². The number of amides is 1. The fraction of sp³-hybridized carbons (Fsp3) is 0.0714. The van der Waals surface area contributed by atoms with Crippen molar-refractivity contribution in [2.75, 3.05) is 4.90 Å². The molecule has 2 aromatic rings. The quantitative estimate of drug-likeness (QED) is 0.770. The zero-order valence-electron chi connectivity index (χ0n) is 9.51. The van der Waals surface area contributed by atoms with Crippen molar-refractivity contribution < 1.29 is 4.79 Å². The molecule has 0 bridgehead atoms. The molecule has 0 saturated heterocycles. The second-order valence-corrected chi connectivity index (χ2v) is 4.60. The summed E-state index contributed by atoms with van der Waals surface area (Å²) in [5.74, 6) is 0. The second-order valence-electron chi connectivity index (χ2n) is 3.79. The Morgan fingerprint density at radius 3 is 2.11 bits per heavy atom. The van der Waals surface area contributed by atoms with Crippen LogP contribution in [0.4, 0.5) is 5.69 Å². The van der Waals surface area contributed by atoms with Crippen molar-refractivity contribution in [2.24, 2.45) is 0 Å². The summed E-state index contributed by atoms with van der Waals surface area (Å²) in [5, 5.41) is 0.927. The molecule has 0 aliphatic carbocycles. The highest BCUT2D eigenvalue weighted by Crippen LogP contribution is 2.33. The summed E-state index contributed by atoms with van der Waals surface area (Å²) in [7, 11) is 0. The van der Waals surface area contributed by atoms with Gasteiger partial charge in [-0.2, -0.15) is 0 Å². The van der Waals surface area contributed by atoms with Crippen molar-refractivity contribution in [3.63, 3.8) is 0 Å². The number of carbonyl (C=O) groups excluding carboxylic acids is 1. The van der Waals surface area contributed by atoms with Crippen molar-refractivity contribution in [2.45, 2.75) is 6.54 Å². The summed E-state index contributed by atoms with van der Waals surface area (Å²) in [4.78, 5) is 12.7. The van der Waals surface area contributed by atoms with E-state index in [1.54, 1.807) is 18.2 Å². The highest BCUT2D eigenvalue weighted by Gasteiger charge is 2.13. The number of hydrogen-bond donors (Lipinski definition) is 0. The van der Waals surface area contributed by atoms with Gasteiger partial charge in [-0.1, -0.05) is 59.6 Å². The molecule has 0 spiro atoms. The molecule has 0 radical (unpaired) electrons. The number of anilines is 1. The van der Waals surface area contributed by atoms with Crippen LogP contribution in [0.1, 0.15) is 5.56 Å². The zero-order chi connectivity index (χ0) is 13.0. The molecule has 0 heterocycles. The largest absolute Gasteiger partial charge is 0.308 e. The molecule has 0 unspecified atom stereocenters. The number of carbonyl (C=O) groups is 1. The number of hydrogen-bond acceptors (Lipinski definition) is 1. The van der Waals surface area contributed by atoms with Crippen LogP contribution < -0.4 is 4.90 Å². The highest BCUT2D eigenvalue weighted by molar-refractivity contribution is 6.39. The van der Waals surface area contributed by atoms with Crippen molar-refractivity contribution in [3.05, 3.63) is 64.1 Å². The van der Waals surface area contributed by atoms with Gasteiger partial charge in [0.1, 0.15) is 0 Å². The van der Waals surface area contributed by atoms with Gasteiger partial charge in [-0.15, -0.1) is 0 Å². The number of rotatable bonds is 4. The smallest absolute Gasteiger partial charge is 0.214 e. The molecular formula is C14H11Cl2NO. The minimum Gasteiger partial charge on any atom is -0.308 e. The number of benzene rings is 2. The van der Waals surface area contributed by atoms with Crippen LogP contribution in [-0.4, -0.2) is 6.41 Å². The molecule has 4 heteroatoms. The predicted octanol–water partition coefficient (Wildman–Crippen LogP) is 4.16. The number of nitrogens with zero attached hydrogens (tertiary/aromatic N) is 1. The molecule has 18 heavy (non-hydrogen) atoms. The minimum atomic E-state index is 0.438. The van der Waals surface area contributed by atoms with Gasteiger partial charge in [0, 0.05) is 0 Å². The van der Waals surface area contributed by atoms with E-state index in [9.17, 15) is 4.79 Å². The molecule has 2 rings (SSSR count). The van der Waals surface area contributed by atoms with Gasteiger partial charge in [-0.05, 0) is 17.7 Å². The third-order valence-corrected chi connectivity index (χ3v) is 3.16. The Bertz CT molecular complexity index is 522. The minimum absolute atomic E-state index is 0.438. The van der Waals surface area contributed by atoms with Crippen LogP contribution in [0.15, 0.2) is 48.5 Å². The van der Waals surface area contributed by atoms with Gasteiger partial charge in [-0.25, -0.2) is 0 Å². The van der Waals surface area contributed by atoms with Crippen molar-refractivity contribution in [1.29, 1.82) is 0 Å². The Kier molecular flexibility index (Phi) is 4.24. The van der Waals surface area contributed by atoms with E-state index in [-0.39, 0.29) is 0 Å². The Morgan fingerprint density at radius 2 is 1.56 bits per heavy atom. The molecule has 0 aliphatic heterocycles. The lowest BCUT2D eigenvalue weighted by molar-refractivity contribution is -0.107. The average molecular weight is 280 g/mol. The van der Waals surface area contributed by atoms with E-state index in [0.717, 1.165) is 12.0 Å². The SMILES string of the molecule is O=CN(Cc1ccccc1)c1c(Cl)cccc1Cl. The first-order valence-corrected chi connectivity index (χ1v) is 6.18. The first-order chi connectivity index (χ1) is 8.72. The molecule has 2 aromatic carbocycles. The van der Waals surface area contributed by atoms with E-state index in [1.807, 2.05) is 30.3 Å². The summed E-state index contributed by atoms with van der Waals surface area (Å²) in [5.41, 5.74) is 1.56. The van der Waals surface area contributed by atoms with E-state index >= 15 is 0 Å². The first-order valence-electron chi connectivity index (χ1n) is 5.42. The van der Waals surface area contributed by atoms with Gasteiger partial charge in [0.05, 0.1) is 22.3 Å². The molecule has 0 aliphatic rings. The Morgan fingerprint density at radius 1 is 0.944 bits per heavy atom. The fourth-order valence-corrected chi connectivity index (χ4v) is 2.33. The second kappa shape index (κ2) is 5.89. The molecule has 0 saturated carbocycles. The molecule has 92 valence electrons. The lowest BCUT2D eigenvalue weighted by Crippen LogP contribution is -2.21. The normalized spacial score (nSPS) is 10.1. The first kappa shape index (κ1) is 12.9. The van der Waals surface area contributed by atoms with E-state index in [4.69, 9.17) is 23.2 Å². The standard InChI is InChI=1S/C14H11Cl2NO/c15-12-7-4-8-13(16)14(12)17(10-18)9-11-5-2-1-3-6-11/h1-8,10H,9H2. The Balaban J connectivity index is 2.32. The van der Waals surface area contributed by atoms with Crippen LogP contribution >= 0.6 is 23.2 Å². The van der Waals surface area contributed by atoms with Gasteiger partial charge in [0.2, 0.25) is 6.41 Å². The molecular weight excluding hydrogens is 269 g/mol. The van der Waals surface area contributed by atoms with Crippen molar-refractivity contribution in [3.8, 4) is 0 Å². The van der Waals surface area contributed by atoms with E-state index in [0.29, 0.717) is 22.3 Å². The molecule has 0 N–H and O–H groups in total. The van der Waals surface area contributed by atoms with Crippen LogP contribution in [-0.2, 0) is 11.3 Å². The van der Waals surface area contributed by atoms with Gasteiger partial charge < -0.3 is 4.90 Å². The molecule has 0 fully saturated rings. The maximum Gasteiger partial charge on any atom is 0.214 e. The lowest BCUT2D eigenvalue weighted by atomic mass is 10.2. The monoisotopic (exact) mass is 279 g/mol. The van der Waals surface area contributed by atoms with Crippen molar-refractivity contribution in [1.82, 2.24) is 0 Å². The maximum atomic E-state index is 11.2. The Hall–Kier alpha value is -1.51. The third kappa shape index (κ3) is 2.84. The molecule has 0 aromatic heterocycles. The van der Waals surface area contributed by atoms with Crippen LogP contribution in [0.2, 0.25) is 10.0 Å². The Labute approximate surface area is 116 Å². The average Bonchev–Trinajstić information content (AvgIpc) is 2.38. The van der Waals surface area contributed by atoms with Crippen LogP contribution in [0, 0.1) is 0 Å². The molecule has 2 nitrogen and oxygen atoms in total. The lowest BCUT2D eigenvalue weighted by Gasteiger charge is -2.20. The predicted molar refractivity (Wildman–Crippen MR) is 75.2 cm³/mol. The summed E-state index contributed by atoms with van der Waals surface area (Å²) in [6.45, 7) is 0.438. The summed E-state index contributed by atoms with van der Waals surface area (Å²) in [6.07, 6.45) is 0.736. The van der Waals surface area contributed by atoms with Crippen LogP contribution in [0.25, 0.3) is 0 Å². The highest BCUT2D eigenvalue weighted by atomic mass is 35.5. The van der Waals surface area contributed by atoms with E-state index in [1.165, 1.54) is 4.90 Å². The van der Waals surface area contributed by atoms with Gasteiger partial charge in [0.25, 0.3) is 0 Å². The van der Waals surface area contributed by atoms with E-state index < -0.39 is 0 Å². The van der Waals surface area contributed by atoms with Gasteiger partial charge >= 0.3 is 0 Å². The number of halogens is 2. The summed E-state index contributed by atoms with van der Waals surface area (Å²) in [6, 6.07) is 14.8. The van der Waals surface area contributed by atoms with Gasteiger partial charge in [0.15, 0.2) is 0 Å². The summed E-state index contributed by atoms with van der Waals surface area (Å²) < 4.78 is 0. The van der Waals surface area contributed by atoms with Crippen LogP contribution in [0.5, 0.6) is 0 Å². The maximum absolute atomic E-state index is 11.2. The fourth-order valence-electron chi connectivity index (χ4n) is 1.71. The zero-order valence-corrected chi connectivity index (χ0v) is 11.0. The molecule has 1 amide bonds. The summed E-state index contributed by atoms with van der Waals surface area (Å²) >= 11 is 12.2.